The lowest BCUT2D eigenvalue weighted by molar-refractivity contribution is 0.445. The number of benzene rings is 3. The minimum Gasteiger partial charge on any atom is -0.506 e. The lowest BCUT2D eigenvalue weighted by Crippen LogP contribution is -2.10. The average Bonchev–Trinajstić information content (AvgIpc) is 2.61. The molecular formula is C20H16NO4S+. The summed E-state index contributed by atoms with van der Waals surface area (Å²) in [6, 6.07) is 16.9. The van der Waals surface area contributed by atoms with Crippen molar-refractivity contribution in [3.63, 3.8) is 0 Å². The largest absolute Gasteiger partial charge is 1.00 e. The molecule has 26 heavy (non-hydrogen) atoms. The summed E-state index contributed by atoms with van der Waals surface area (Å²) in [4.78, 5) is 4.11. The number of aryl methyl sites for hydroxylation is 1. The number of phenolic OH excluding ortho intramolecular Hbond substituents is 1. The van der Waals surface area contributed by atoms with Crippen LogP contribution in [-0.4, -0.2) is 18.5 Å². The third-order valence-corrected chi connectivity index (χ3v) is 5.44. The smallest absolute Gasteiger partial charge is 0.506 e. The van der Waals surface area contributed by atoms with Crippen molar-refractivity contribution in [3.05, 3.63) is 72.4 Å². The highest BCUT2D eigenvalue weighted by Crippen LogP contribution is 2.34. The fourth-order valence-corrected chi connectivity index (χ4v) is 3.96. The van der Waals surface area contributed by atoms with Crippen molar-refractivity contribution in [2.24, 2.45) is 0 Å². The second-order valence-electron chi connectivity index (χ2n) is 6.00. The van der Waals surface area contributed by atoms with Crippen LogP contribution in [0.3, 0.4) is 0 Å². The SMILES string of the molecule is Cc1ccc(S(=O)(=O)Oc2cccc3ncc4ccccc4c23)c(O)c1.[H+]. The summed E-state index contributed by atoms with van der Waals surface area (Å²) in [6.45, 7) is 1.76. The molecule has 0 saturated heterocycles. The molecule has 0 fully saturated rings. The molecule has 3 aromatic carbocycles. The molecular weight excluding hydrogens is 350 g/mol. The molecule has 0 atom stereocenters. The molecule has 4 rings (SSSR count). The predicted octanol–water partition coefficient (Wildman–Crippen LogP) is 4.28. The van der Waals surface area contributed by atoms with Crippen molar-refractivity contribution < 1.29 is 19.1 Å². The monoisotopic (exact) mass is 366 g/mol. The van der Waals surface area contributed by atoms with Crippen LogP contribution in [0.2, 0.25) is 0 Å². The van der Waals surface area contributed by atoms with Gasteiger partial charge >= 0.3 is 11.5 Å². The van der Waals surface area contributed by atoms with Crippen LogP contribution in [0, 0.1) is 6.92 Å². The van der Waals surface area contributed by atoms with Crippen molar-refractivity contribution >= 4 is 31.8 Å². The average molecular weight is 366 g/mol. The first-order valence-corrected chi connectivity index (χ1v) is 9.37. The van der Waals surface area contributed by atoms with Gasteiger partial charge < -0.3 is 9.29 Å². The number of aromatic hydroxyl groups is 1. The van der Waals surface area contributed by atoms with Gasteiger partial charge in [-0.3, -0.25) is 4.98 Å². The van der Waals surface area contributed by atoms with Gasteiger partial charge in [0, 0.05) is 11.6 Å². The third kappa shape index (κ3) is 2.74. The maximum atomic E-state index is 12.7. The number of phenols is 1. The molecule has 4 aromatic rings. The van der Waals surface area contributed by atoms with Gasteiger partial charge in [0.2, 0.25) is 0 Å². The minimum atomic E-state index is -4.20. The van der Waals surface area contributed by atoms with Crippen molar-refractivity contribution in [2.75, 3.05) is 0 Å². The van der Waals surface area contributed by atoms with Gasteiger partial charge in [0.1, 0.15) is 10.6 Å². The number of rotatable bonds is 3. The Kier molecular flexibility index (Phi) is 3.77. The Bertz CT molecular complexity index is 1260. The summed E-state index contributed by atoms with van der Waals surface area (Å²) < 4.78 is 30.8. The molecule has 0 bridgehead atoms. The van der Waals surface area contributed by atoms with Gasteiger partial charge in [0.05, 0.1) is 10.9 Å². The fraction of sp³-hybridized carbons (Fsp3) is 0.0500. The maximum Gasteiger partial charge on any atom is 1.00 e. The van der Waals surface area contributed by atoms with Gasteiger partial charge in [-0.1, -0.05) is 36.4 Å². The van der Waals surface area contributed by atoms with E-state index in [0.717, 1.165) is 16.3 Å². The Hall–Kier alpha value is -3.12. The standard InChI is InChI=1S/C20H15NO4S/c1-13-9-10-19(17(22)11-13)26(23,24)25-18-8-4-7-16-20(18)15-6-3-2-5-14(15)12-21-16/h2-12,22H,1H3/p+1. The number of nitrogens with zero attached hydrogens (tertiary/aromatic N) is 1. The highest BCUT2D eigenvalue weighted by atomic mass is 32.2. The lowest BCUT2D eigenvalue weighted by Gasteiger charge is -2.12. The van der Waals surface area contributed by atoms with Gasteiger partial charge in [-0.15, -0.1) is 0 Å². The van der Waals surface area contributed by atoms with E-state index in [2.05, 4.69) is 4.98 Å². The maximum absolute atomic E-state index is 12.7. The second kappa shape index (κ2) is 6.00. The highest BCUT2D eigenvalue weighted by Gasteiger charge is 2.22. The summed E-state index contributed by atoms with van der Waals surface area (Å²) in [5, 5.41) is 12.4. The molecule has 0 spiro atoms. The first kappa shape index (κ1) is 16.4. The number of hydrogen-bond donors (Lipinski definition) is 1. The molecule has 0 aliphatic rings. The van der Waals surface area contributed by atoms with Gasteiger partial charge in [0.25, 0.3) is 0 Å². The van der Waals surface area contributed by atoms with Crippen molar-refractivity contribution in [3.8, 4) is 11.5 Å². The molecule has 0 radical (unpaired) electrons. The topological polar surface area (TPSA) is 76.5 Å². The van der Waals surface area contributed by atoms with Crippen LogP contribution in [0.15, 0.2) is 71.8 Å². The molecule has 0 saturated carbocycles. The summed E-state index contributed by atoms with van der Waals surface area (Å²) >= 11 is 0. The number of pyridine rings is 1. The Morgan fingerprint density at radius 1 is 1.04 bits per heavy atom. The molecule has 0 amide bonds. The molecule has 1 heterocycles. The van der Waals surface area contributed by atoms with E-state index in [0.29, 0.717) is 10.9 Å². The quantitative estimate of drug-likeness (QED) is 0.432. The summed E-state index contributed by atoms with van der Waals surface area (Å²) in [5.41, 5.74) is 1.38. The van der Waals surface area contributed by atoms with E-state index in [1.54, 1.807) is 37.4 Å². The molecule has 5 nitrogen and oxygen atoms in total. The third-order valence-electron chi connectivity index (χ3n) is 4.16. The van der Waals surface area contributed by atoms with E-state index in [1.165, 1.54) is 12.1 Å². The van der Waals surface area contributed by atoms with Gasteiger partial charge in [0.15, 0.2) is 5.75 Å². The first-order valence-electron chi connectivity index (χ1n) is 7.96. The molecule has 6 heteroatoms. The molecule has 1 aromatic heterocycles. The number of fused-ring (bicyclic) bond motifs is 3. The van der Waals surface area contributed by atoms with E-state index >= 15 is 0 Å². The van der Waals surface area contributed by atoms with E-state index in [4.69, 9.17) is 4.18 Å². The molecule has 130 valence electrons. The van der Waals surface area contributed by atoms with Gasteiger partial charge in [-0.2, -0.15) is 8.42 Å². The Morgan fingerprint density at radius 2 is 1.85 bits per heavy atom. The van der Waals surface area contributed by atoms with E-state index in [1.807, 2.05) is 24.3 Å². The van der Waals surface area contributed by atoms with Crippen LogP contribution in [0.5, 0.6) is 11.5 Å². The van der Waals surface area contributed by atoms with Crippen LogP contribution in [0.25, 0.3) is 21.7 Å². The van der Waals surface area contributed by atoms with Crippen molar-refractivity contribution in [1.82, 2.24) is 4.98 Å². The van der Waals surface area contributed by atoms with Gasteiger partial charge in [-0.05, 0) is 42.1 Å². The van der Waals surface area contributed by atoms with Gasteiger partial charge in [-0.25, -0.2) is 0 Å². The summed E-state index contributed by atoms with van der Waals surface area (Å²) in [5.74, 6) is -0.167. The Morgan fingerprint density at radius 3 is 2.65 bits per heavy atom. The Labute approximate surface area is 152 Å². The van der Waals surface area contributed by atoms with Crippen molar-refractivity contribution in [1.29, 1.82) is 0 Å². The Balaban J connectivity index is 0.00000210. The summed E-state index contributed by atoms with van der Waals surface area (Å²) in [7, 11) is -4.20. The molecule has 1 N–H and O–H groups in total. The highest BCUT2D eigenvalue weighted by molar-refractivity contribution is 7.87. The van der Waals surface area contributed by atoms with E-state index < -0.39 is 10.1 Å². The minimum absolute atomic E-state index is 0. The van der Waals surface area contributed by atoms with Crippen molar-refractivity contribution in [2.45, 2.75) is 11.8 Å². The predicted molar refractivity (Wildman–Crippen MR) is 101 cm³/mol. The lowest BCUT2D eigenvalue weighted by atomic mass is 10.1. The summed E-state index contributed by atoms with van der Waals surface area (Å²) in [6.07, 6.45) is 1.74. The number of hydrogen-bond acceptors (Lipinski definition) is 5. The molecule has 0 aliphatic heterocycles. The zero-order chi connectivity index (χ0) is 18.3. The molecule has 0 aliphatic carbocycles. The fourth-order valence-electron chi connectivity index (χ4n) is 2.95. The first-order chi connectivity index (χ1) is 12.5. The van der Waals surface area contributed by atoms with E-state index in [-0.39, 0.29) is 17.8 Å². The zero-order valence-corrected chi connectivity index (χ0v) is 14.7. The normalized spacial score (nSPS) is 11.7. The van der Waals surface area contributed by atoms with Crippen LogP contribution in [0.4, 0.5) is 0 Å². The second-order valence-corrected chi connectivity index (χ2v) is 7.52. The van der Waals surface area contributed by atoms with Crippen LogP contribution in [0.1, 0.15) is 6.99 Å². The van der Waals surface area contributed by atoms with E-state index in [9.17, 15) is 13.5 Å². The van der Waals surface area contributed by atoms with Crippen LogP contribution < -0.4 is 4.18 Å². The van der Waals surface area contributed by atoms with Crippen LogP contribution >= 0.6 is 0 Å². The number of aromatic nitrogens is 1. The molecule has 0 unspecified atom stereocenters. The van der Waals surface area contributed by atoms with Crippen LogP contribution in [-0.2, 0) is 10.1 Å². The zero-order valence-electron chi connectivity index (χ0n) is 14.9.